The largest absolute Gasteiger partial charge is 0.364 e. The van der Waals surface area contributed by atoms with Crippen LogP contribution in [0.4, 0.5) is 16.6 Å². The highest BCUT2D eigenvalue weighted by atomic mass is 32.1. The van der Waals surface area contributed by atoms with Gasteiger partial charge < -0.3 is 10.6 Å². The number of rotatable bonds is 3. The average molecular weight is 258 g/mol. The average Bonchev–Trinajstić information content (AvgIpc) is 2.75. The second kappa shape index (κ2) is 5.07. The van der Waals surface area contributed by atoms with Crippen molar-refractivity contribution in [3.63, 3.8) is 0 Å². The molecule has 0 aliphatic carbocycles. The number of nitrogens with zero attached hydrogens (tertiary/aromatic N) is 2. The molecule has 0 bridgehead atoms. The summed E-state index contributed by atoms with van der Waals surface area (Å²) >= 11 is 1.34. The van der Waals surface area contributed by atoms with Crippen LogP contribution < -0.4 is 10.6 Å². The Bertz CT molecular complexity index is 610. The van der Waals surface area contributed by atoms with Gasteiger partial charge in [-0.25, -0.2) is 4.98 Å². The first-order chi connectivity index (χ1) is 8.63. The standard InChI is InChI=1S/C13H14N4S/c1-8-4-5-10(9(2)6-8)16-12-11(7-14)18-13(15-3)17-12/h4-6,16H,1-3H3,(H,15,17). The van der Waals surface area contributed by atoms with Crippen LogP contribution in [0.25, 0.3) is 0 Å². The van der Waals surface area contributed by atoms with Crippen molar-refractivity contribution in [3.05, 3.63) is 34.2 Å². The molecular formula is C13H14N4S. The van der Waals surface area contributed by atoms with Crippen LogP contribution in [0.15, 0.2) is 18.2 Å². The van der Waals surface area contributed by atoms with Crippen molar-refractivity contribution in [2.45, 2.75) is 13.8 Å². The number of aromatic nitrogens is 1. The van der Waals surface area contributed by atoms with Crippen LogP contribution in [-0.4, -0.2) is 12.0 Å². The molecule has 0 radical (unpaired) electrons. The molecule has 2 N–H and O–H groups in total. The highest BCUT2D eigenvalue weighted by Gasteiger charge is 2.11. The lowest BCUT2D eigenvalue weighted by Gasteiger charge is -2.08. The van der Waals surface area contributed by atoms with E-state index in [4.69, 9.17) is 5.26 Å². The van der Waals surface area contributed by atoms with Gasteiger partial charge in [-0.1, -0.05) is 29.0 Å². The number of aryl methyl sites for hydroxylation is 2. The molecular weight excluding hydrogens is 244 g/mol. The summed E-state index contributed by atoms with van der Waals surface area (Å²) in [5, 5.41) is 16.0. The molecule has 0 spiro atoms. The molecule has 2 aromatic rings. The fourth-order valence-electron chi connectivity index (χ4n) is 1.67. The van der Waals surface area contributed by atoms with Crippen molar-refractivity contribution in [1.29, 1.82) is 5.26 Å². The maximum absolute atomic E-state index is 9.07. The zero-order chi connectivity index (χ0) is 13.1. The second-order valence-corrected chi connectivity index (χ2v) is 5.00. The molecule has 1 aromatic carbocycles. The summed E-state index contributed by atoms with van der Waals surface area (Å²) < 4.78 is 0. The van der Waals surface area contributed by atoms with Crippen molar-refractivity contribution in [2.75, 3.05) is 17.7 Å². The molecule has 0 aliphatic heterocycles. The van der Waals surface area contributed by atoms with Gasteiger partial charge in [0.1, 0.15) is 6.07 Å². The van der Waals surface area contributed by atoms with E-state index in [2.05, 4.69) is 34.7 Å². The van der Waals surface area contributed by atoms with Gasteiger partial charge in [-0.3, -0.25) is 0 Å². The summed E-state index contributed by atoms with van der Waals surface area (Å²) in [5.74, 6) is 0.610. The topological polar surface area (TPSA) is 60.7 Å². The third-order valence-corrected chi connectivity index (χ3v) is 3.56. The summed E-state index contributed by atoms with van der Waals surface area (Å²) in [6.45, 7) is 4.09. The number of nitrogens with one attached hydrogen (secondary N) is 2. The van der Waals surface area contributed by atoms with Gasteiger partial charge in [0, 0.05) is 12.7 Å². The molecule has 92 valence electrons. The van der Waals surface area contributed by atoms with E-state index < -0.39 is 0 Å². The minimum Gasteiger partial charge on any atom is -0.364 e. The Balaban J connectivity index is 2.34. The van der Waals surface area contributed by atoms with E-state index >= 15 is 0 Å². The lowest BCUT2D eigenvalue weighted by Crippen LogP contribution is -1.96. The molecule has 1 heterocycles. The lowest BCUT2D eigenvalue weighted by atomic mass is 10.1. The molecule has 18 heavy (non-hydrogen) atoms. The van der Waals surface area contributed by atoms with Gasteiger partial charge in [0.05, 0.1) is 0 Å². The minimum absolute atomic E-state index is 0.583. The first-order valence-corrected chi connectivity index (χ1v) is 6.38. The maximum atomic E-state index is 9.07. The molecule has 0 amide bonds. The normalized spacial score (nSPS) is 9.89. The van der Waals surface area contributed by atoms with Crippen LogP contribution in [0.3, 0.4) is 0 Å². The summed E-state index contributed by atoms with van der Waals surface area (Å²) in [6, 6.07) is 8.29. The Morgan fingerprint density at radius 2 is 2.11 bits per heavy atom. The molecule has 0 saturated heterocycles. The van der Waals surface area contributed by atoms with Crippen LogP contribution in [0.5, 0.6) is 0 Å². The molecule has 4 nitrogen and oxygen atoms in total. The van der Waals surface area contributed by atoms with Gasteiger partial charge in [-0.2, -0.15) is 5.26 Å². The summed E-state index contributed by atoms with van der Waals surface area (Å²) in [7, 11) is 1.79. The third kappa shape index (κ3) is 2.44. The van der Waals surface area contributed by atoms with Crippen molar-refractivity contribution in [3.8, 4) is 6.07 Å². The monoisotopic (exact) mass is 258 g/mol. The van der Waals surface area contributed by atoms with Gasteiger partial charge in [-0.05, 0) is 25.5 Å². The minimum atomic E-state index is 0.583. The second-order valence-electron chi connectivity index (χ2n) is 4.00. The first-order valence-electron chi connectivity index (χ1n) is 5.57. The predicted octanol–water partition coefficient (Wildman–Crippen LogP) is 3.42. The van der Waals surface area contributed by atoms with Gasteiger partial charge >= 0.3 is 0 Å². The zero-order valence-electron chi connectivity index (χ0n) is 10.5. The third-order valence-electron chi connectivity index (χ3n) is 2.58. The highest BCUT2D eigenvalue weighted by molar-refractivity contribution is 7.16. The maximum Gasteiger partial charge on any atom is 0.185 e. The van der Waals surface area contributed by atoms with Crippen molar-refractivity contribution >= 4 is 28.0 Å². The fraction of sp³-hybridized carbons (Fsp3) is 0.231. The van der Waals surface area contributed by atoms with Crippen LogP contribution >= 0.6 is 11.3 Å². The number of nitriles is 1. The van der Waals surface area contributed by atoms with Crippen molar-refractivity contribution in [2.24, 2.45) is 0 Å². The van der Waals surface area contributed by atoms with Crippen LogP contribution in [0.2, 0.25) is 0 Å². The van der Waals surface area contributed by atoms with Crippen molar-refractivity contribution < 1.29 is 0 Å². The number of thiazole rings is 1. The molecule has 0 saturated carbocycles. The van der Waals surface area contributed by atoms with Crippen molar-refractivity contribution in [1.82, 2.24) is 4.98 Å². The zero-order valence-corrected chi connectivity index (χ0v) is 11.4. The van der Waals surface area contributed by atoms with Gasteiger partial charge in [0.2, 0.25) is 0 Å². The van der Waals surface area contributed by atoms with E-state index in [1.54, 1.807) is 7.05 Å². The molecule has 5 heteroatoms. The number of hydrogen-bond donors (Lipinski definition) is 2. The van der Waals surface area contributed by atoms with Crippen LogP contribution in [0.1, 0.15) is 16.0 Å². The molecule has 0 aliphatic rings. The Morgan fingerprint density at radius 3 is 2.72 bits per heavy atom. The predicted molar refractivity (Wildman–Crippen MR) is 75.6 cm³/mol. The van der Waals surface area contributed by atoms with Crippen LogP contribution in [0, 0.1) is 25.2 Å². The molecule has 0 fully saturated rings. The van der Waals surface area contributed by atoms with E-state index in [-0.39, 0.29) is 0 Å². The molecule has 2 rings (SSSR count). The summed E-state index contributed by atoms with van der Waals surface area (Å²) in [4.78, 5) is 4.91. The molecule has 0 unspecified atom stereocenters. The summed E-state index contributed by atoms with van der Waals surface area (Å²) in [6.07, 6.45) is 0. The highest BCUT2D eigenvalue weighted by Crippen LogP contribution is 2.29. The lowest BCUT2D eigenvalue weighted by molar-refractivity contribution is 1.31. The Hall–Kier alpha value is -2.06. The number of anilines is 3. The fourth-order valence-corrected chi connectivity index (χ4v) is 2.34. The number of hydrogen-bond acceptors (Lipinski definition) is 5. The van der Waals surface area contributed by atoms with E-state index in [1.807, 2.05) is 19.1 Å². The quantitative estimate of drug-likeness (QED) is 0.885. The van der Waals surface area contributed by atoms with Gasteiger partial charge in [0.25, 0.3) is 0 Å². The number of benzene rings is 1. The van der Waals surface area contributed by atoms with E-state index in [0.717, 1.165) is 16.4 Å². The smallest absolute Gasteiger partial charge is 0.185 e. The van der Waals surface area contributed by atoms with Gasteiger partial charge in [-0.15, -0.1) is 0 Å². The Labute approximate surface area is 110 Å². The van der Waals surface area contributed by atoms with E-state index in [1.165, 1.54) is 16.9 Å². The molecule has 0 atom stereocenters. The molecule has 1 aromatic heterocycles. The van der Waals surface area contributed by atoms with Crippen LogP contribution in [-0.2, 0) is 0 Å². The summed E-state index contributed by atoms with van der Waals surface area (Å²) in [5.41, 5.74) is 3.33. The van der Waals surface area contributed by atoms with Gasteiger partial charge in [0.15, 0.2) is 15.8 Å². The Morgan fingerprint density at radius 1 is 1.33 bits per heavy atom. The van der Waals surface area contributed by atoms with E-state index in [0.29, 0.717) is 10.7 Å². The van der Waals surface area contributed by atoms with E-state index in [9.17, 15) is 0 Å². The SMILES string of the molecule is CNc1nc(Nc2ccc(C)cc2C)c(C#N)s1. The first kappa shape index (κ1) is 12.4. The Kier molecular flexibility index (Phi) is 3.49.